The smallest absolute Gasteiger partial charge is 0.345 e. The van der Waals surface area contributed by atoms with Gasteiger partial charge in [0.15, 0.2) is 0 Å². The van der Waals surface area contributed by atoms with Crippen LogP contribution >= 0.6 is 43.5 Å². The van der Waals surface area contributed by atoms with Crippen LogP contribution in [0.1, 0.15) is 11.1 Å². The summed E-state index contributed by atoms with van der Waals surface area (Å²) in [6, 6.07) is 10.8. The minimum absolute atomic E-state index is 0.214. The van der Waals surface area contributed by atoms with E-state index >= 15 is 0 Å². The molecule has 0 fully saturated rings. The Bertz CT molecular complexity index is 837. The number of esters is 2. The second-order valence-corrected chi connectivity index (χ2v) is 7.42. The molecule has 142 valence electrons. The van der Waals surface area contributed by atoms with Gasteiger partial charge in [-0.3, -0.25) is 0 Å². The van der Waals surface area contributed by atoms with Gasteiger partial charge in [0.05, 0.1) is 23.2 Å². The lowest BCUT2D eigenvalue weighted by molar-refractivity contribution is -0.143. The van der Waals surface area contributed by atoms with Crippen LogP contribution in [0, 0.1) is 0 Å². The van der Waals surface area contributed by atoms with Crippen LogP contribution < -0.4 is 4.74 Å². The van der Waals surface area contributed by atoms with Gasteiger partial charge in [0.2, 0.25) is 0 Å². The topological polar surface area (TPSA) is 61.8 Å². The largest absolute Gasteiger partial charge is 0.487 e. The zero-order chi connectivity index (χ0) is 20.0. The lowest BCUT2D eigenvalue weighted by atomic mass is 10.1. The van der Waals surface area contributed by atoms with E-state index in [1.807, 2.05) is 12.1 Å². The van der Waals surface area contributed by atoms with Crippen LogP contribution in [0.4, 0.5) is 0 Å². The monoisotopic (exact) mass is 516 g/mol. The maximum absolute atomic E-state index is 11.8. The Morgan fingerprint density at radius 2 is 1.52 bits per heavy atom. The SMILES string of the molecule is COC(=O)C(=Cc1cc(Br)c(OCc2ccc(Cl)cc2)c(Br)c1)C(=O)OC. The summed E-state index contributed by atoms with van der Waals surface area (Å²) >= 11 is 12.8. The summed E-state index contributed by atoms with van der Waals surface area (Å²) in [5.41, 5.74) is 1.33. The molecule has 0 saturated heterocycles. The van der Waals surface area contributed by atoms with Crippen LogP contribution in [-0.4, -0.2) is 26.2 Å². The van der Waals surface area contributed by atoms with Crippen molar-refractivity contribution in [2.75, 3.05) is 14.2 Å². The molecule has 0 aliphatic heterocycles. The van der Waals surface area contributed by atoms with Gasteiger partial charge in [-0.1, -0.05) is 23.7 Å². The summed E-state index contributed by atoms with van der Waals surface area (Å²) in [5, 5.41) is 0.657. The van der Waals surface area contributed by atoms with Gasteiger partial charge >= 0.3 is 11.9 Å². The molecule has 0 aromatic heterocycles. The summed E-state index contributed by atoms with van der Waals surface area (Å²) in [6.45, 7) is 0.346. The van der Waals surface area contributed by atoms with Gasteiger partial charge in [0.1, 0.15) is 17.9 Å². The normalized spacial score (nSPS) is 10.1. The standard InChI is InChI=1S/C19H15Br2ClO5/c1-25-18(23)14(19(24)26-2)7-12-8-15(20)17(16(21)9-12)27-10-11-3-5-13(22)6-4-11/h3-9H,10H2,1-2H3. The highest BCUT2D eigenvalue weighted by Gasteiger charge is 2.20. The predicted octanol–water partition coefficient (Wildman–Crippen LogP) is 5.17. The Balaban J connectivity index is 2.27. The Labute approximate surface area is 178 Å². The Morgan fingerprint density at radius 1 is 1.00 bits per heavy atom. The summed E-state index contributed by atoms with van der Waals surface area (Å²) in [6.07, 6.45) is 1.39. The van der Waals surface area contributed by atoms with E-state index in [2.05, 4.69) is 41.3 Å². The molecule has 5 nitrogen and oxygen atoms in total. The van der Waals surface area contributed by atoms with Gasteiger partial charge in [-0.05, 0) is 73.3 Å². The third-order valence-corrected chi connectivity index (χ3v) is 4.87. The van der Waals surface area contributed by atoms with E-state index in [-0.39, 0.29) is 5.57 Å². The van der Waals surface area contributed by atoms with Gasteiger partial charge < -0.3 is 14.2 Å². The number of ether oxygens (including phenoxy) is 3. The molecule has 2 rings (SSSR count). The second-order valence-electron chi connectivity index (χ2n) is 5.27. The zero-order valence-electron chi connectivity index (χ0n) is 14.4. The Kier molecular flexibility index (Phi) is 7.89. The molecule has 0 heterocycles. The first-order valence-electron chi connectivity index (χ1n) is 7.60. The van der Waals surface area contributed by atoms with E-state index in [1.165, 1.54) is 20.3 Å². The first-order valence-corrected chi connectivity index (χ1v) is 9.56. The fourth-order valence-electron chi connectivity index (χ4n) is 2.12. The molecule has 0 radical (unpaired) electrons. The molecule has 2 aromatic rings. The van der Waals surface area contributed by atoms with Gasteiger partial charge in [-0.15, -0.1) is 0 Å². The summed E-state index contributed by atoms with van der Waals surface area (Å²) in [5.74, 6) is -0.978. The van der Waals surface area contributed by atoms with Gasteiger partial charge in [0.25, 0.3) is 0 Å². The quantitative estimate of drug-likeness (QED) is 0.229. The predicted molar refractivity (Wildman–Crippen MR) is 110 cm³/mol. The van der Waals surface area contributed by atoms with Gasteiger partial charge in [0, 0.05) is 5.02 Å². The molecule has 0 amide bonds. The molecule has 0 N–H and O–H groups in total. The van der Waals surface area contributed by atoms with E-state index < -0.39 is 11.9 Å². The number of halogens is 3. The number of carbonyl (C=O) groups excluding carboxylic acids is 2. The van der Waals surface area contributed by atoms with Crippen molar-refractivity contribution in [3.05, 3.63) is 67.1 Å². The summed E-state index contributed by atoms with van der Waals surface area (Å²) in [4.78, 5) is 23.6. The number of methoxy groups -OCH3 is 2. The average molecular weight is 519 g/mol. The van der Waals surface area contributed by atoms with E-state index in [0.717, 1.165) is 5.56 Å². The van der Waals surface area contributed by atoms with Crippen LogP contribution in [-0.2, 0) is 25.7 Å². The van der Waals surface area contributed by atoms with E-state index in [0.29, 0.717) is 31.9 Å². The third kappa shape index (κ3) is 5.82. The maximum atomic E-state index is 11.8. The molecular weight excluding hydrogens is 503 g/mol. The van der Waals surface area contributed by atoms with Crippen molar-refractivity contribution in [3.63, 3.8) is 0 Å². The van der Waals surface area contributed by atoms with Crippen molar-refractivity contribution >= 4 is 61.5 Å². The molecule has 0 atom stereocenters. The number of hydrogen-bond donors (Lipinski definition) is 0. The van der Waals surface area contributed by atoms with Gasteiger partial charge in [-0.25, -0.2) is 9.59 Å². The minimum atomic E-state index is -0.780. The fourth-order valence-corrected chi connectivity index (χ4v) is 3.70. The molecule has 0 spiro atoms. The minimum Gasteiger partial charge on any atom is -0.487 e. The van der Waals surface area contributed by atoms with Crippen LogP contribution in [0.3, 0.4) is 0 Å². The van der Waals surface area contributed by atoms with Crippen molar-refractivity contribution in [1.82, 2.24) is 0 Å². The molecule has 0 aliphatic carbocycles. The molecule has 0 unspecified atom stereocenters. The van der Waals surface area contributed by atoms with Crippen molar-refractivity contribution in [1.29, 1.82) is 0 Å². The van der Waals surface area contributed by atoms with Crippen molar-refractivity contribution < 1.29 is 23.8 Å². The summed E-state index contributed by atoms with van der Waals surface area (Å²) < 4.78 is 16.4. The number of rotatable bonds is 6. The van der Waals surface area contributed by atoms with Crippen LogP contribution in [0.5, 0.6) is 5.75 Å². The number of hydrogen-bond acceptors (Lipinski definition) is 5. The molecular formula is C19H15Br2ClO5. The lowest BCUT2D eigenvalue weighted by Crippen LogP contribution is -2.15. The van der Waals surface area contributed by atoms with E-state index in [1.54, 1.807) is 24.3 Å². The summed E-state index contributed by atoms with van der Waals surface area (Å²) in [7, 11) is 2.39. The molecule has 2 aromatic carbocycles. The van der Waals surface area contributed by atoms with Crippen LogP contribution in [0.25, 0.3) is 6.08 Å². The van der Waals surface area contributed by atoms with Crippen molar-refractivity contribution in [3.8, 4) is 5.75 Å². The number of carbonyl (C=O) groups is 2. The highest BCUT2D eigenvalue weighted by atomic mass is 79.9. The fraction of sp³-hybridized carbons (Fsp3) is 0.158. The Hall–Kier alpha value is -1.83. The molecule has 27 heavy (non-hydrogen) atoms. The first kappa shape index (κ1) is 21.5. The van der Waals surface area contributed by atoms with Crippen LogP contribution in [0.15, 0.2) is 50.9 Å². The maximum Gasteiger partial charge on any atom is 0.345 e. The average Bonchev–Trinajstić information content (AvgIpc) is 2.65. The highest BCUT2D eigenvalue weighted by Crippen LogP contribution is 2.36. The number of benzene rings is 2. The molecule has 0 aliphatic rings. The van der Waals surface area contributed by atoms with Crippen molar-refractivity contribution in [2.45, 2.75) is 6.61 Å². The van der Waals surface area contributed by atoms with Crippen molar-refractivity contribution in [2.24, 2.45) is 0 Å². The second kappa shape index (κ2) is 9.92. The van der Waals surface area contributed by atoms with Crippen LogP contribution in [0.2, 0.25) is 5.02 Å². The lowest BCUT2D eigenvalue weighted by Gasteiger charge is -2.12. The van der Waals surface area contributed by atoms with E-state index in [4.69, 9.17) is 16.3 Å². The first-order chi connectivity index (χ1) is 12.8. The third-order valence-electron chi connectivity index (χ3n) is 3.44. The molecule has 0 bridgehead atoms. The molecule has 8 heteroatoms. The highest BCUT2D eigenvalue weighted by molar-refractivity contribution is 9.11. The molecule has 0 saturated carbocycles. The zero-order valence-corrected chi connectivity index (χ0v) is 18.4. The van der Waals surface area contributed by atoms with Gasteiger partial charge in [-0.2, -0.15) is 0 Å². The Morgan fingerprint density at radius 3 is 2.00 bits per heavy atom. The van der Waals surface area contributed by atoms with E-state index in [9.17, 15) is 9.59 Å².